The van der Waals surface area contributed by atoms with E-state index in [9.17, 15) is 0 Å². The van der Waals surface area contributed by atoms with E-state index < -0.39 is 12.2 Å². The molecule has 0 spiro atoms. The number of hydrogen-bond acceptors (Lipinski definition) is 3. The molecule has 0 aromatic rings. The Hall–Kier alpha value is -0.120. The van der Waals surface area contributed by atoms with Crippen molar-refractivity contribution in [2.75, 3.05) is 13.6 Å². The first-order valence-electron chi connectivity index (χ1n) is 3.73. The first kappa shape index (κ1) is 9.88. The maximum Gasteiger partial charge on any atom is 0.0922 e. The molecule has 2 atom stereocenters. The second-order valence-electron chi connectivity index (χ2n) is 2.48. The molecule has 0 bridgehead atoms. The van der Waals surface area contributed by atoms with Crippen LogP contribution in [0.5, 0.6) is 0 Å². The van der Waals surface area contributed by atoms with Crippen molar-refractivity contribution >= 4 is 0 Å². The first-order valence-corrected chi connectivity index (χ1v) is 3.73. The van der Waals surface area contributed by atoms with Gasteiger partial charge in [-0.15, -0.1) is 0 Å². The van der Waals surface area contributed by atoms with E-state index in [2.05, 4.69) is 5.32 Å². The van der Waals surface area contributed by atoms with Gasteiger partial charge in [-0.2, -0.15) is 0 Å². The molecule has 0 radical (unpaired) electrons. The van der Waals surface area contributed by atoms with Crippen molar-refractivity contribution in [3.63, 3.8) is 0 Å². The Kier molecular flexibility index (Phi) is 5.58. The summed E-state index contributed by atoms with van der Waals surface area (Å²) in [5.41, 5.74) is 0. The van der Waals surface area contributed by atoms with E-state index in [0.29, 0.717) is 13.0 Å². The highest BCUT2D eigenvalue weighted by Crippen LogP contribution is 2.00. The number of aliphatic hydroxyl groups excluding tert-OH is 2. The summed E-state index contributed by atoms with van der Waals surface area (Å²) in [6, 6.07) is 0. The fraction of sp³-hybridized carbons (Fsp3) is 1.00. The molecule has 3 heteroatoms. The van der Waals surface area contributed by atoms with Crippen molar-refractivity contribution in [2.24, 2.45) is 0 Å². The van der Waals surface area contributed by atoms with E-state index in [-0.39, 0.29) is 0 Å². The SMILES string of the molecule is CCC[C@H](O)[C@@H](O)CNC. The van der Waals surface area contributed by atoms with Crippen LogP contribution in [0.4, 0.5) is 0 Å². The molecule has 0 fully saturated rings. The lowest BCUT2D eigenvalue weighted by Crippen LogP contribution is -2.34. The topological polar surface area (TPSA) is 52.5 Å². The van der Waals surface area contributed by atoms with Crippen molar-refractivity contribution in [3.05, 3.63) is 0 Å². The molecule has 10 heavy (non-hydrogen) atoms. The average Bonchev–Trinajstić information content (AvgIpc) is 1.89. The zero-order valence-corrected chi connectivity index (χ0v) is 6.67. The predicted octanol–water partition coefficient (Wildman–Crippen LogP) is -0.272. The van der Waals surface area contributed by atoms with E-state index in [4.69, 9.17) is 10.2 Å². The van der Waals surface area contributed by atoms with Crippen LogP contribution >= 0.6 is 0 Å². The molecule has 62 valence electrons. The maximum absolute atomic E-state index is 9.16. The second-order valence-corrected chi connectivity index (χ2v) is 2.48. The average molecular weight is 147 g/mol. The summed E-state index contributed by atoms with van der Waals surface area (Å²) in [5, 5.41) is 21.1. The number of likely N-dealkylation sites (N-methyl/N-ethyl adjacent to an activating group) is 1. The van der Waals surface area contributed by atoms with Crippen LogP contribution in [0.2, 0.25) is 0 Å². The van der Waals surface area contributed by atoms with E-state index in [1.54, 1.807) is 7.05 Å². The third-order valence-corrected chi connectivity index (χ3v) is 1.44. The van der Waals surface area contributed by atoms with Crippen LogP contribution in [0, 0.1) is 0 Å². The third-order valence-electron chi connectivity index (χ3n) is 1.44. The smallest absolute Gasteiger partial charge is 0.0922 e. The van der Waals surface area contributed by atoms with Gasteiger partial charge in [-0.3, -0.25) is 0 Å². The van der Waals surface area contributed by atoms with Gasteiger partial charge in [0.15, 0.2) is 0 Å². The van der Waals surface area contributed by atoms with Crippen molar-refractivity contribution in [1.82, 2.24) is 5.32 Å². The summed E-state index contributed by atoms with van der Waals surface area (Å²) >= 11 is 0. The minimum atomic E-state index is -0.620. The molecular formula is C7H17NO2. The van der Waals surface area contributed by atoms with Crippen molar-refractivity contribution in [2.45, 2.75) is 32.0 Å². The normalized spacial score (nSPS) is 16.8. The summed E-state index contributed by atoms with van der Waals surface area (Å²) < 4.78 is 0. The molecule has 0 saturated heterocycles. The van der Waals surface area contributed by atoms with Crippen LogP contribution in [0.1, 0.15) is 19.8 Å². The van der Waals surface area contributed by atoms with E-state index in [1.807, 2.05) is 6.92 Å². The second kappa shape index (κ2) is 5.65. The summed E-state index contributed by atoms with van der Waals surface area (Å²) in [7, 11) is 1.75. The van der Waals surface area contributed by atoms with Gasteiger partial charge >= 0.3 is 0 Å². The highest BCUT2D eigenvalue weighted by molar-refractivity contribution is 4.67. The fourth-order valence-corrected chi connectivity index (χ4v) is 0.833. The number of nitrogens with one attached hydrogen (secondary N) is 1. The highest BCUT2D eigenvalue weighted by Gasteiger charge is 2.12. The van der Waals surface area contributed by atoms with Crippen LogP contribution in [0.3, 0.4) is 0 Å². The highest BCUT2D eigenvalue weighted by atomic mass is 16.3. The molecule has 3 N–H and O–H groups in total. The molecule has 0 saturated carbocycles. The Balaban J connectivity index is 3.38. The van der Waals surface area contributed by atoms with Gasteiger partial charge in [0.2, 0.25) is 0 Å². The largest absolute Gasteiger partial charge is 0.390 e. The van der Waals surface area contributed by atoms with Crippen molar-refractivity contribution in [1.29, 1.82) is 0 Å². The number of rotatable bonds is 5. The Morgan fingerprint density at radius 3 is 2.30 bits per heavy atom. The summed E-state index contributed by atoms with van der Waals surface area (Å²) in [5.74, 6) is 0. The summed E-state index contributed by atoms with van der Waals surface area (Å²) in [4.78, 5) is 0. The Labute approximate surface area is 62.1 Å². The van der Waals surface area contributed by atoms with Crippen molar-refractivity contribution in [3.8, 4) is 0 Å². The molecule has 0 aliphatic carbocycles. The van der Waals surface area contributed by atoms with E-state index >= 15 is 0 Å². The van der Waals surface area contributed by atoms with Gasteiger partial charge in [0.1, 0.15) is 0 Å². The van der Waals surface area contributed by atoms with E-state index in [0.717, 1.165) is 6.42 Å². The Morgan fingerprint density at radius 2 is 1.90 bits per heavy atom. The van der Waals surface area contributed by atoms with Crippen molar-refractivity contribution < 1.29 is 10.2 Å². The Morgan fingerprint density at radius 1 is 1.30 bits per heavy atom. The lowest BCUT2D eigenvalue weighted by atomic mass is 10.1. The quantitative estimate of drug-likeness (QED) is 0.501. The van der Waals surface area contributed by atoms with Gasteiger partial charge in [-0.1, -0.05) is 13.3 Å². The van der Waals surface area contributed by atoms with Gasteiger partial charge in [-0.25, -0.2) is 0 Å². The molecule has 0 amide bonds. The molecule has 0 heterocycles. The summed E-state index contributed by atoms with van der Waals surface area (Å²) in [6.45, 7) is 2.44. The fourth-order valence-electron chi connectivity index (χ4n) is 0.833. The van der Waals surface area contributed by atoms with E-state index in [1.165, 1.54) is 0 Å². The minimum absolute atomic E-state index is 0.459. The molecular weight excluding hydrogens is 130 g/mol. The maximum atomic E-state index is 9.16. The minimum Gasteiger partial charge on any atom is -0.390 e. The predicted molar refractivity (Wildman–Crippen MR) is 40.8 cm³/mol. The zero-order chi connectivity index (χ0) is 7.98. The molecule has 0 aliphatic heterocycles. The third kappa shape index (κ3) is 3.82. The molecule has 0 unspecified atom stereocenters. The molecule has 0 rings (SSSR count). The molecule has 3 nitrogen and oxygen atoms in total. The lowest BCUT2D eigenvalue weighted by molar-refractivity contribution is 0.0161. The monoisotopic (exact) mass is 147 g/mol. The van der Waals surface area contributed by atoms with Crippen LogP contribution in [-0.2, 0) is 0 Å². The van der Waals surface area contributed by atoms with Gasteiger partial charge in [0.05, 0.1) is 12.2 Å². The zero-order valence-electron chi connectivity index (χ0n) is 6.67. The van der Waals surface area contributed by atoms with Crippen LogP contribution in [0.25, 0.3) is 0 Å². The number of hydrogen-bond donors (Lipinski definition) is 3. The van der Waals surface area contributed by atoms with Crippen LogP contribution < -0.4 is 5.32 Å². The van der Waals surface area contributed by atoms with Crippen LogP contribution in [-0.4, -0.2) is 36.0 Å². The molecule has 0 aromatic carbocycles. The molecule has 0 aliphatic rings. The molecule has 0 aromatic heterocycles. The van der Waals surface area contributed by atoms with Gasteiger partial charge in [-0.05, 0) is 13.5 Å². The Bertz CT molecular complexity index is 68.0. The van der Waals surface area contributed by atoms with Gasteiger partial charge < -0.3 is 15.5 Å². The lowest BCUT2D eigenvalue weighted by Gasteiger charge is -2.15. The first-order chi connectivity index (χ1) is 4.72. The van der Waals surface area contributed by atoms with Gasteiger partial charge in [0, 0.05) is 6.54 Å². The standard InChI is InChI=1S/C7H17NO2/c1-3-4-6(9)7(10)5-8-2/h6-10H,3-5H2,1-2H3/t6-,7-/m0/s1. The van der Waals surface area contributed by atoms with Gasteiger partial charge in [0.25, 0.3) is 0 Å². The summed E-state index contributed by atoms with van der Waals surface area (Å²) in [6.07, 6.45) is 0.382. The number of aliphatic hydroxyl groups is 2. The van der Waals surface area contributed by atoms with Crippen LogP contribution in [0.15, 0.2) is 0 Å².